The second-order valence-electron chi connectivity index (χ2n) is 8.61. The van der Waals surface area contributed by atoms with Crippen LogP contribution in [0.5, 0.6) is 0 Å². The molecular formula is C22H42N6O5S. The first kappa shape index (κ1) is 30.1. The molecule has 0 saturated carbocycles. The van der Waals surface area contributed by atoms with E-state index in [4.69, 9.17) is 17.2 Å². The number of hydrogen-bond donors (Lipinski definition) is 6. The molecule has 0 aliphatic carbocycles. The highest BCUT2D eigenvalue weighted by Crippen LogP contribution is 2.20. The molecule has 0 radical (unpaired) electrons. The second-order valence-corrected chi connectivity index (χ2v) is 9.59. The fraction of sp³-hybridized carbons (Fsp3) is 0.818. The van der Waals surface area contributed by atoms with Crippen molar-refractivity contribution >= 4 is 35.5 Å². The van der Waals surface area contributed by atoms with Gasteiger partial charge in [0.25, 0.3) is 0 Å². The number of nitrogens with two attached hydrogens (primary N) is 3. The van der Waals surface area contributed by atoms with Crippen LogP contribution < -0.4 is 27.8 Å². The minimum absolute atomic E-state index is 0.271. The Labute approximate surface area is 206 Å². The molecule has 196 valence electrons. The van der Waals surface area contributed by atoms with Crippen LogP contribution in [0.3, 0.4) is 0 Å². The van der Waals surface area contributed by atoms with E-state index in [2.05, 4.69) is 10.6 Å². The third-order valence-corrected chi connectivity index (χ3v) is 6.58. The molecule has 1 heterocycles. The molecule has 0 aromatic heterocycles. The average Bonchev–Trinajstić information content (AvgIpc) is 3.30. The number of carbonyl (C=O) groups is 4. The molecule has 1 aliphatic heterocycles. The normalized spacial score (nSPS) is 18.2. The van der Waals surface area contributed by atoms with Gasteiger partial charge in [0, 0.05) is 6.54 Å². The van der Waals surface area contributed by atoms with Crippen LogP contribution in [0.4, 0.5) is 0 Å². The first-order chi connectivity index (χ1) is 16.3. The molecule has 4 unspecified atom stereocenters. The predicted molar refractivity (Wildman–Crippen MR) is 133 cm³/mol. The van der Waals surface area contributed by atoms with Gasteiger partial charge in [-0.15, -0.1) is 0 Å². The van der Waals surface area contributed by atoms with Gasteiger partial charge in [0.15, 0.2) is 0 Å². The van der Waals surface area contributed by atoms with Crippen LogP contribution in [0, 0.1) is 0 Å². The van der Waals surface area contributed by atoms with E-state index in [1.807, 2.05) is 6.26 Å². The topological polar surface area (TPSA) is 194 Å². The number of hydrogen-bond acceptors (Lipinski definition) is 8. The second kappa shape index (κ2) is 16.7. The number of carboxylic acid groups (broad SMARTS) is 1. The molecule has 1 rings (SSSR count). The SMILES string of the molecule is CSCCC(NC(=O)C(N)CCCCN)C(=O)N1CCCC1C(=O)NC(CCCCN)C(=O)O. The van der Waals surface area contributed by atoms with E-state index in [9.17, 15) is 24.3 Å². The lowest BCUT2D eigenvalue weighted by Crippen LogP contribution is -2.56. The molecule has 0 bridgehead atoms. The number of carboxylic acids is 1. The Kier molecular flexibility index (Phi) is 14.8. The summed E-state index contributed by atoms with van der Waals surface area (Å²) in [6, 6.07) is -3.33. The summed E-state index contributed by atoms with van der Waals surface area (Å²) in [5, 5.41) is 14.8. The maximum atomic E-state index is 13.3. The molecule has 0 aromatic carbocycles. The lowest BCUT2D eigenvalue weighted by Gasteiger charge is -2.30. The molecule has 34 heavy (non-hydrogen) atoms. The van der Waals surface area contributed by atoms with Crippen LogP contribution in [0.2, 0.25) is 0 Å². The fourth-order valence-corrected chi connectivity index (χ4v) is 4.40. The predicted octanol–water partition coefficient (Wildman–Crippen LogP) is -0.630. The molecule has 0 aromatic rings. The summed E-state index contributed by atoms with van der Waals surface area (Å²) in [6.45, 7) is 1.35. The number of nitrogens with one attached hydrogen (secondary N) is 2. The van der Waals surface area contributed by atoms with Gasteiger partial charge in [-0.1, -0.05) is 6.42 Å². The summed E-state index contributed by atoms with van der Waals surface area (Å²) in [5.74, 6) is -1.70. The Morgan fingerprint density at radius 3 is 2.24 bits per heavy atom. The highest BCUT2D eigenvalue weighted by atomic mass is 32.2. The molecule has 12 heteroatoms. The van der Waals surface area contributed by atoms with Crippen molar-refractivity contribution < 1.29 is 24.3 Å². The van der Waals surface area contributed by atoms with Gasteiger partial charge in [0.2, 0.25) is 17.7 Å². The third-order valence-electron chi connectivity index (χ3n) is 5.93. The van der Waals surface area contributed by atoms with Crippen molar-refractivity contribution in [1.82, 2.24) is 15.5 Å². The Hall–Kier alpha value is -1.89. The Morgan fingerprint density at radius 1 is 1.00 bits per heavy atom. The van der Waals surface area contributed by atoms with Crippen molar-refractivity contribution in [2.75, 3.05) is 31.6 Å². The van der Waals surface area contributed by atoms with Crippen molar-refractivity contribution in [2.24, 2.45) is 17.2 Å². The Bertz CT molecular complexity index is 668. The number of likely N-dealkylation sites (tertiary alicyclic amines) is 1. The summed E-state index contributed by atoms with van der Waals surface area (Å²) < 4.78 is 0. The van der Waals surface area contributed by atoms with E-state index in [0.717, 1.165) is 12.8 Å². The lowest BCUT2D eigenvalue weighted by atomic mass is 10.1. The first-order valence-corrected chi connectivity index (χ1v) is 13.4. The van der Waals surface area contributed by atoms with E-state index in [0.29, 0.717) is 63.9 Å². The largest absolute Gasteiger partial charge is 0.480 e. The number of nitrogens with zero attached hydrogens (tertiary/aromatic N) is 1. The summed E-state index contributed by atoms with van der Waals surface area (Å²) >= 11 is 1.55. The smallest absolute Gasteiger partial charge is 0.326 e. The van der Waals surface area contributed by atoms with Crippen LogP contribution in [-0.2, 0) is 19.2 Å². The van der Waals surface area contributed by atoms with E-state index in [1.165, 1.54) is 4.90 Å². The van der Waals surface area contributed by atoms with E-state index in [1.54, 1.807) is 11.8 Å². The van der Waals surface area contributed by atoms with Crippen LogP contribution in [-0.4, -0.2) is 89.5 Å². The minimum Gasteiger partial charge on any atom is -0.480 e. The van der Waals surface area contributed by atoms with Gasteiger partial charge in [-0.25, -0.2) is 4.79 Å². The Balaban J connectivity index is 2.84. The van der Waals surface area contributed by atoms with Crippen molar-refractivity contribution in [3.05, 3.63) is 0 Å². The first-order valence-electron chi connectivity index (χ1n) is 12.0. The third kappa shape index (κ3) is 10.2. The highest BCUT2D eigenvalue weighted by molar-refractivity contribution is 7.98. The summed E-state index contributed by atoms with van der Waals surface area (Å²) in [4.78, 5) is 51.9. The van der Waals surface area contributed by atoms with Crippen molar-refractivity contribution in [3.8, 4) is 0 Å². The van der Waals surface area contributed by atoms with Crippen molar-refractivity contribution in [2.45, 2.75) is 82.0 Å². The number of amides is 3. The number of rotatable bonds is 17. The Morgan fingerprint density at radius 2 is 1.65 bits per heavy atom. The fourth-order valence-electron chi connectivity index (χ4n) is 3.93. The van der Waals surface area contributed by atoms with Gasteiger partial charge in [-0.2, -0.15) is 11.8 Å². The van der Waals surface area contributed by atoms with Crippen LogP contribution in [0.1, 0.15) is 57.8 Å². The molecule has 1 saturated heterocycles. The van der Waals surface area contributed by atoms with Gasteiger partial charge in [0.05, 0.1) is 6.04 Å². The number of thioether (sulfide) groups is 1. The molecule has 1 aliphatic rings. The zero-order chi connectivity index (χ0) is 25.5. The van der Waals surface area contributed by atoms with E-state index >= 15 is 0 Å². The molecule has 4 atom stereocenters. The maximum Gasteiger partial charge on any atom is 0.326 e. The number of unbranched alkanes of at least 4 members (excludes halogenated alkanes) is 2. The van der Waals surface area contributed by atoms with Gasteiger partial charge in [0.1, 0.15) is 18.1 Å². The molecule has 11 nitrogen and oxygen atoms in total. The van der Waals surface area contributed by atoms with Crippen LogP contribution in [0.25, 0.3) is 0 Å². The van der Waals surface area contributed by atoms with Gasteiger partial charge >= 0.3 is 5.97 Å². The van der Waals surface area contributed by atoms with E-state index < -0.39 is 42.0 Å². The minimum atomic E-state index is -1.12. The van der Waals surface area contributed by atoms with Gasteiger partial charge in [-0.05, 0) is 76.5 Å². The summed E-state index contributed by atoms with van der Waals surface area (Å²) in [6.07, 6.45) is 6.85. The van der Waals surface area contributed by atoms with Crippen molar-refractivity contribution in [3.63, 3.8) is 0 Å². The highest BCUT2D eigenvalue weighted by Gasteiger charge is 2.38. The zero-order valence-corrected chi connectivity index (χ0v) is 21.0. The van der Waals surface area contributed by atoms with Gasteiger partial charge in [-0.3, -0.25) is 14.4 Å². The lowest BCUT2D eigenvalue weighted by molar-refractivity contribution is -0.145. The quantitative estimate of drug-likeness (QED) is 0.140. The van der Waals surface area contributed by atoms with Crippen LogP contribution >= 0.6 is 11.8 Å². The summed E-state index contributed by atoms with van der Waals surface area (Å²) in [5.41, 5.74) is 16.9. The monoisotopic (exact) mass is 502 g/mol. The average molecular weight is 503 g/mol. The standard InChI is InChI=1S/C22H42N6O5S/c1-34-14-10-16(26-19(29)15(25)7-2-4-11-23)21(31)28-13-6-9-18(28)20(30)27-17(22(32)33)8-3-5-12-24/h15-18H,2-14,23-25H2,1H3,(H,26,29)(H,27,30)(H,32,33). The van der Waals surface area contributed by atoms with E-state index in [-0.39, 0.29) is 12.3 Å². The molecular weight excluding hydrogens is 460 g/mol. The van der Waals surface area contributed by atoms with Crippen molar-refractivity contribution in [1.29, 1.82) is 0 Å². The maximum absolute atomic E-state index is 13.3. The zero-order valence-electron chi connectivity index (χ0n) is 20.2. The van der Waals surface area contributed by atoms with Crippen LogP contribution in [0.15, 0.2) is 0 Å². The number of carbonyl (C=O) groups excluding carboxylic acids is 3. The molecule has 0 spiro atoms. The van der Waals surface area contributed by atoms with Gasteiger partial charge < -0.3 is 37.8 Å². The summed E-state index contributed by atoms with van der Waals surface area (Å²) in [7, 11) is 0. The number of aliphatic carboxylic acids is 1. The molecule has 1 fully saturated rings. The molecule has 3 amide bonds. The molecule has 9 N–H and O–H groups in total.